The van der Waals surface area contributed by atoms with Gasteiger partial charge in [0.2, 0.25) is 11.5 Å². The minimum atomic E-state index is -0.174. The first-order chi connectivity index (χ1) is 14.1. The van der Waals surface area contributed by atoms with Crippen LogP contribution in [-0.2, 0) is 13.0 Å². The lowest BCUT2D eigenvalue weighted by atomic mass is 10.1. The van der Waals surface area contributed by atoms with Crippen LogP contribution in [0.1, 0.15) is 41.4 Å². The molecule has 4 rings (SSSR count). The lowest BCUT2D eigenvalue weighted by molar-refractivity contribution is 0.0783. The Balaban J connectivity index is 1.60. The van der Waals surface area contributed by atoms with Gasteiger partial charge in [-0.2, -0.15) is 0 Å². The number of amides is 1. The Morgan fingerprint density at radius 1 is 1.24 bits per heavy atom. The summed E-state index contributed by atoms with van der Waals surface area (Å²) < 4.78 is 0. The number of hydrogen-bond donors (Lipinski definition) is 1. The molecule has 0 bridgehead atoms. The summed E-state index contributed by atoms with van der Waals surface area (Å²) in [6, 6.07) is 9.17. The van der Waals surface area contributed by atoms with Crippen LogP contribution in [0.15, 0.2) is 41.3 Å². The summed E-state index contributed by atoms with van der Waals surface area (Å²) in [7, 11) is 1.74. The fourth-order valence-corrected chi connectivity index (χ4v) is 3.86. The van der Waals surface area contributed by atoms with Gasteiger partial charge < -0.3 is 14.8 Å². The highest BCUT2D eigenvalue weighted by Crippen LogP contribution is 2.20. The van der Waals surface area contributed by atoms with Gasteiger partial charge in [0.05, 0.1) is 11.3 Å². The minimum absolute atomic E-state index is 0.140. The van der Waals surface area contributed by atoms with E-state index >= 15 is 0 Å². The summed E-state index contributed by atoms with van der Waals surface area (Å²) in [6.45, 7) is 4.26. The van der Waals surface area contributed by atoms with Crippen LogP contribution in [-0.4, -0.2) is 45.9 Å². The Kier molecular flexibility index (Phi) is 5.29. The van der Waals surface area contributed by atoms with Crippen molar-refractivity contribution < 1.29 is 4.79 Å². The molecule has 1 aliphatic heterocycles. The number of fused-ring (bicyclic) bond motifs is 1. The van der Waals surface area contributed by atoms with E-state index in [4.69, 9.17) is 0 Å². The van der Waals surface area contributed by atoms with E-state index in [1.807, 2.05) is 31.2 Å². The van der Waals surface area contributed by atoms with Gasteiger partial charge in [-0.15, -0.1) is 0 Å². The van der Waals surface area contributed by atoms with E-state index in [1.165, 1.54) is 0 Å². The first kappa shape index (κ1) is 19.1. The van der Waals surface area contributed by atoms with Crippen LogP contribution < -0.4 is 10.5 Å². The molecule has 0 saturated carbocycles. The summed E-state index contributed by atoms with van der Waals surface area (Å²) in [5, 5.41) is 0.933. The molecule has 1 amide bonds. The van der Waals surface area contributed by atoms with Crippen molar-refractivity contribution in [1.82, 2.24) is 19.9 Å². The average Bonchev–Trinajstić information content (AvgIpc) is 3.27. The second kappa shape index (κ2) is 8.03. The third kappa shape index (κ3) is 3.85. The standard InChI is InChI=1S/C22H25N5O2/c1-3-18-17(13-23-22(25-18)27-10-6-7-11-27)21(29)26(2)14-15-12-20(28)24-19-9-5-4-8-16(15)19/h4-5,8-9,12-13H,3,6-7,10-11,14H2,1-2H3,(H,24,28). The van der Waals surface area contributed by atoms with E-state index < -0.39 is 0 Å². The lowest BCUT2D eigenvalue weighted by Gasteiger charge is -2.21. The molecule has 0 aliphatic carbocycles. The number of benzene rings is 1. The van der Waals surface area contributed by atoms with Crippen molar-refractivity contribution in [1.29, 1.82) is 0 Å². The van der Waals surface area contributed by atoms with Gasteiger partial charge in [-0.3, -0.25) is 9.59 Å². The molecule has 7 nitrogen and oxygen atoms in total. The van der Waals surface area contributed by atoms with Gasteiger partial charge in [0.15, 0.2) is 0 Å². The number of aromatic amines is 1. The van der Waals surface area contributed by atoms with Gasteiger partial charge in [-0.05, 0) is 30.9 Å². The first-order valence-electron chi connectivity index (χ1n) is 10.0. The van der Waals surface area contributed by atoms with Gasteiger partial charge in [0, 0.05) is 49.8 Å². The normalized spacial score (nSPS) is 13.8. The van der Waals surface area contributed by atoms with E-state index in [2.05, 4.69) is 19.9 Å². The molecule has 0 atom stereocenters. The van der Waals surface area contributed by atoms with Gasteiger partial charge in [-0.25, -0.2) is 9.97 Å². The maximum absolute atomic E-state index is 13.1. The van der Waals surface area contributed by atoms with Crippen molar-refractivity contribution >= 4 is 22.8 Å². The Morgan fingerprint density at radius 2 is 2.00 bits per heavy atom. The second-order valence-corrected chi connectivity index (χ2v) is 7.44. The fraction of sp³-hybridized carbons (Fsp3) is 0.364. The quantitative estimate of drug-likeness (QED) is 0.723. The van der Waals surface area contributed by atoms with E-state index in [0.717, 1.165) is 48.1 Å². The SMILES string of the molecule is CCc1nc(N2CCCC2)ncc1C(=O)N(C)Cc1cc(=O)[nH]c2ccccc12. The number of aryl methyl sites for hydroxylation is 1. The number of nitrogens with zero attached hydrogens (tertiary/aromatic N) is 4. The summed E-state index contributed by atoms with van der Waals surface area (Å²) in [5.74, 6) is 0.568. The Hall–Kier alpha value is -3.22. The third-order valence-corrected chi connectivity index (χ3v) is 5.40. The molecule has 1 N–H and O–H groups in total. The maximum atomic E-state index is 13.1. The zero-order chi connectivity index (χ0) is 20.4. The molecular weight excluding hydrogens is 366 g/mol. The number of aromatic nitrogens is 3. The molecule has 0 radical (unpaired) electrons. The topological polar surface area (TPSA) is 82.2 Å². The van der Waals surface area contributed by atoms with Gasteiger partial charge in [0.25, 0.3) is 5.91 Å². The van der Waals surface area contributed by atoms with Crippen molar-refractivity contribution in [2.45, 2.75) is 32.7 Å². The zero-order valence-corrected chi connectivity index (χ0v) is 16.8. The third-order valence-electron chi connectivity index (χ3n) is 5.40. The van der Waals surface area contributed by atoms with E-state index in [9.17, 15) is 9.59 Å². The fourth-order valence-electron chi connectivity index (χ4n) is 3.86. The highest BCUT2D eigenvalue weighted by Gasteiger charge is 2.21. The van der Waals surface area contributed by atoms with Gasteiger partial charge in [0.1, 0.15) is 0 Å². The summed E-state index contributed by atoms with van der Waals surface area (Å²) in [4.78, 5) is 40.9. The molecule has 1 aromatic carbocycles. The van der Waals surface area contributed by atoms with Crippen LogP contribution in [0.4, 0.5) is 5.95 Å². The number of rotatable bonds is 5. The predicted octanol–water partition coefficient (Wildman–Crippen LogP) is 2.75. The molecular formula is C22H25N5O2. The van der Waals surface area contributed by atoms with Crippen LogP contribution in [0, 0.1) is 0 Å². The first-order valence-corrected chi connectivity index (χ1v) is 10.0. The van der Waals surface area contributed by atoms with Crippen molar-refractivity contribution in [2.75, 3.05) is 25.0 Å². The summed E-state index contributed by atoms with van der Waals surface area (Å²) in [6.07, 6.45) is 4.61. The summed E-state index contributed by atoms with van der Waals surface area (Å²) >= 11 is 0. The van der Waals surface area contributed by atoms with Crippen molar-refractivity contribution in [2.24, 2.45) is 0 Å². The van der Waals surface area contributed by atoms with E-state index in [-0.39, 0.29) is 11.5 Å². The highest BCUT2D eigenvalue weighted by atomic mass is 16.2. The lowest BCUT2D eigenvalue weighted by Crippen LogP contribution is -2.29. The molecule has 7 heteroatoms. The van der Waals surface area contributed by atoms with Crippen LogP contribution in [0.25, 0.3) is 10.9 Å². The van der Waals surface area contributed by atoms with E-state index in [1.54, 1.807) is 24.2 Å². The second-order valence-electron chi connectivity index (χ2n) is 7.44. The van der Waals surface area contributed by atoms with Crippen LogP contribution in [0.2, 0.25) is 0 Å². The number of para-hydroxylation sites is 1. The molecule has 3 aromatic rings. The monoisotopic (exact) mass is 391 g/mol. The van der Waals surface area contributed by atoms with Crippen LogP contribution >= 0.6 is 0 Å². The molecule has 29 heavy (non-hydrogen) atoms. The van der Waals surface area contributed by atoms with Crippen LogP contribution in [0.5, 0.6) is 0 Å². The Labute approximate surface area is 169 Å². The number of carbonyl (C=O) groups excluding carboxylic acids is 1. The number of nitrogens with one attached hydrogen (secondary N) is 1. The zero-order valence-electron chi connectivity index (χ0n) is 16.8. The Morgan fingerprint density at radius 3 is 2.76 bits per heavy atom. The maximum Gasteiger partial charge on any atom is 0.257 e. The van der Waals surface area contributed by atoms with Crippen molar-refractivity contribution in [3.05, 3.63) is 63.7 Å². The number of hydrogen-bond acceptors (Lipinski definition) is 5. The molecule has 150 valence electrons. The predicted molar refractivity (Wildman–Crippen MR) is 113 cm³/mol. The van der Waals surface area contributed by atoms with Gasteiger partial charge >= 0.3 is 0 Å². The molecule has 3 heterocycles. The molecule has 1 aliphatic rings. The van der Waals surface area contributed by atoms with Gasteiger partial charge in [-0.1, -0.05) is 25.1 Å². The molecule has 1 fully saturated rings. The Bertz CT molecular complexity index is 1100. The minimum Gasteiger partial charge on any atom is -0.341 e. The number of H-pyrrole nitrogens is 1. The average molecular weight is 391 g/mol. The molecule has 1 saturated heterocycles. The van der Waals surface area contributed by atoms with Crippen molar-refractivity contribution in [3.8, 4) is 0 Å². The summed E-state index contributed by atoms with van der Waals surface area (Å²) in [5.41, 5.74) is 2.69. The van der Waals surface area contributed by atoms with E-state index in [0.29, 0.717) is 24.5 Å². The molecule has 0 spiro atoms. The number of pyridine rings is 1. The number of carbonyl (C=O) groups is 1. The molecule has 2 aromatic heterocycles. The van der Waals surface area contributed by atoms with Crippen molar-refractivity contribution in [3.63, 3.8) is 0 Å². The largest absolute Gasteiger partial charge is 0.341 e. The van der Waals surface area contributed by atoms with Crippen LogP contribution in [0.3, 0.4) is 0 Å². The molecule has 0 unspecified atom stereocenters. The highest BCUT2D eigenvalue weighted by molar-refractivity contribution is 5.95. The number of anilines is 1. The smallest absolute Gasteiger partial charge is 0.257 e.